The van der Waals surface area contributed by atoms with Gasteiger partial charge in [0.2, 0.25) is 5.91 Å². The molecule has 1 heterocycles. The number of carbonyl (C=O) groups is 3. The predicted octanol–water partition coefficient (Wildman–Crippen LogP) is 3.40. The van der Waals surface area contributed by atoms with Crippen molar-refractivity contribution in [3.05, 3.63) is 59.7 Å². The van der Waals surface area contributed by atoms with Crippen molar-refractivity contribution in [2.75, 3.05) is 5.32 Å². The van der Waals surface area contributed by atoms with E-state index in [0.29, 0.717) is 11.8 Å². The largest absolute Gasteiger partial charge is 0.416 e. The minimum Gasteiger partial charge on any atom is -0.335 e. The normalized spacial score (nSPS) is 16.0. The van der Waals surface area contributed by atoms with Crippen molar-refractivity contribution in [2.45, 2.75) is 22.7 Å². The van der Waals surface area contributed by atoms with Crippen molar-refractivity contribution in [3.63, 3.8) is 0 Å². The van der Waals surface area contributed by atoms with E-state index in [9.17, 15) is 27.6 Å². The lowest BCUT2D eigenvalue weighted by Gasteiger charge is -2.23. The van der Waals surface area contributed by atoms with E-state index in [1.807, 2.05) is 5.48 Å². The van der Waals surface area contributed by atoms with Crippen LogP contribution in [-0.2, 0) is 20.6 Å². The van der Waals surface area contributed by atoms with Crippen LogP contribution >= 0.6 is 11.8 Å². The average molecular weight is 410 g/mol. The molecule has 0 aliphatic carbocycles. The number of anilines is 1. The van der Waals surface area contributed by atoms with Gasteiger partial charge in [-0.1, -0.05) is 18.2 Å². The smallest absolute Gasteiger partial charge is 0.335 e. The van der Waals surface area contributed by atoms with Gasteiger partial charge < -0.3 is 10.2 Å². The molecule has 2 N–H and O–H groups in total. The molecule has 0 spiro atoms. The predicted molar refractivity (Wildman–Crippen MR) is 94.3 cm³/mol. The molecule has 1 aliphatic heterocycles. The van der Waals surface area contributed by atoms with Crippen molar-refractivity contribution in [2.24, 2.45) is 0 Å². The van der Waals surface area contributed by atoms with Gasteiger partial charge >= 0.3 is 12.1 Å². The van der Waals surface area contributed by atoms with E-state index in [1.165, 1.54) is 11.8 Å². The molecule has 1 atom stereocenters. The van der Waals surface area contributed by atoms with E-state index in [0.717, 1.165) is 23.1 Å². The van der Waals surface area contributed by atoms with Crippen LogP contribution in [0.25, 0.3) is 0 Å². The summed E-state index contributed by atoms with van der Waals surface area (Å²) in [7, 11) is 0. The number of halogens is 3. The van der Waals surface area contributed by atoms with E-state index in [1.54, 1.807) is 24.3 Å². The number of rotatable bonds is 3. The lowest BCUT2D eigenvalue weighted by atomic mass is 10.1. The van der Waals surface area contributed by atoms with Crippen molar-refractivity contribution in [3.8, 4) is 0 Å². The van der Waals surface area contributed by atoms with Gasteiger partial charge in [0.25, 0.3) is 5.91 Å². The maximum Gasteiger partial charge on any atom is 0.416 e. The lowest BCUT2D eigenvalue weighted by molar-refractivity contribution is -0.137. The Balaban J connectivity index is 1.56. The summed E-state index contributed by atoms with van der Waals surface area (Å²) >= 11 is 1.19. The Morgan fingerprint density at radius 2 is 1.89 bits per heavy atom. The molecule has 1 unspecified atom stereocenters. The highest BCUT2D eigenvalue weighted by molar-refractivity contribution is 8.01. The molecular formula is C18H13F3N2O4S. The maximum atomic E-state index is 12.7. The average Bonchev–Trinajstić information content (AvgIpc) is 2.66. The Bertz CT molecular complexity index is 933. The van der Waals surface area contributed by atoms with Gasteiger partial charge in [-0.25, -0.2) is 4.79 Å². The highest BCUT2D eigenvalue weighted by Gasteiger charge is 2.31. The first-order valence-corrected chi connectivity index (χ1v) is 8.86. The fraction of sp³-hybridized carbons (Fsp3) is 0.167. The van der Waals surface area contributed by atoms with Crippen LogP contribution in [-0.4, -0.2) is 23.0 Å². The summed E-state index contributed by atoms with van der Waals surface area (Å²) in [5, 5.41) is 1.94. The second-order valence-electron chi connectivity index (χ2n) is 5.79. The van der Waals surface area contributed by atoms with Crippen molar-refractivity contribution in [1.29, 1.82) is 0 Å². The first-order valence-electron chi connectivity index (χ1n) is 7.98. The standard InChI is InChI=1S/C18H13F3N2O4S/c19-18(20,21)11-5-3-4-10(8-11)17(26)27-23-15(24)9-14-16(25)22-12-6-1-2-7-13(12)28-14/h1-8,14H,9H2,(H,22,25)(H,23,24). The highest BCUT2D eigenvalue weighted by Crippen LogP contribution is 2.36. The molecule has 1 aliphatic rings. The summed E-state index contributed by atoms with van der Waals surface area (Å²) in [6.45, 7) is 0. The molecule has 28 heavy (non-hydrogen) atoms. The summed E-state index contributed by atoms with van der Waals surface area (Å²) in [4.78, 5) is 41.2. The monoisotopic (exact) mass is 410 g/mol. The zero-order valence-electron chi connectivity index (χ0n) is 14.1. The number of amides is 2. The number of hydrogen-bond acceptors (Lipinski definition) is 5. The van der Waals surface area contributed by atoms with E-state index in [-0.39, 0.29) is 17.9 Å². The number of nitrogens with one attached hydrogen (secondary N) is 2. The van der Waals surface area contributed by atoms with E-state index in [2.05, 4.69) is 10.2 Å². The third-order valence-electron chi connectivity index (χ3n) is 3.76. The number of fused-ring (bicyclic) bond motifs is 1. The highest BCUT2D eigenvalue weighted by atomic mass is 32.2. The Morgan fingerprint density at radius 3 is 2.64 bits per heavy atom. The zero-order valence-corrected chi connectivity index (χ0v) is 14.9. The van der Waals surface area contributed by atoms with E-state index in [4.69, 9.17) is 0 Å². The van der Waals surface area contributed by atoms with Gasteiger partial charge in [-0.15, -0.1) is 11.8 Å². The first-order chi connectivity index (χ1) is 13.2. The number of benzene rings is 2. The molecule has 2 amide bonds. The fourth-order valence-corrected chi connectivity index (χ4v) is 3.53. The van der Waals surface area contributed by atoms with Crippen LogP contribution < -0.4 is 10.8 Å². The SMILES string of the molecule is O=C(CC1Sc2ccccc2NC1=O)NOC(=O)c1cccc(C(F)(F)F)c1. The van der Waals surface area contributed by atoms with Crippen LogP contribution in [0.1, 0.15) is 22.3 Å². The minimum absolute atomic E-state index is 0.277. The first kappa shape index (κ1) is 19.7. The Kier molecular flexibility index (Phi) is 5.59. The molecule has 2 aromatic carbocycles. The van der Waals surface area contributed by atoms with Crippen LogP contribution in [0.4, 0.5) is 18.9 Å². The van der Waals surface area contributed by atoms with Gasteiger partial charge in [-0.05, 0) is 30.3 Å². The second kappa shape index (κ2) is 7.93. The summed E-state index contributed by atoms with van der Waals surface area (Å²) < 4.78 is 38.1. The molecule has 0 bridgehead atoms. The number of hydroxylamine groups is 1. The summed E-state index contributed by atoms with van der Waals surface area (Å²) in [5.41, 5.74) is 1.13. The van der Waals surface area contributed by atoms with Gasteiger partial charge in [0, 0.05) is 4.90 Å². The van der Waals surface area contributed by atoms with Crippen LogP contribution in [0.5, 0.6) is 0 Å². The number of thioether (sulfide) groups is 1. The van der Waals surface area contributed by atoms with Crippen molar-refractivity contribution in [1.82, 2.24) is 5.48 Å². The van der Waals surface area contributed by atoms with Crippen LogP contribution in [0.2, 0.25) is 0 Å². The van der Waals surface area contributed by atoms with E-state index >= 15 is 0 Å². The summed E-state index contributed by atoms with van der Waals surface area (Å²) in [5.74, 6) is -2.28. The molecule has 2 aromatic rings. The fourth-order valence-electron chi connectivity index (χ4n) is 2.42. The van der Waals surface area contributed by atoms with Crippen LogP contribution in [0.3, 0.4) is 0 Å². The lowest BCUT2D eigenvalue weighted by Crippen LogP contribution is -2.35. The molecular weight excluding hydrogens is 397 g/mol. The number of carbonyl (C=O) groups excluding carboxylic acids is 3. The second-order valence-corrected chi connectivity index (χ2v) is 7.03. The Labute approximate surface area is 161 Å². The van der Waals surface area contributed by atoms with E-state index < -0.39 is 28.9 Å². The van der Waals surface area contributed by atoms with Gasteiger partial charge in [0.15, 0.2) is 0 Å². The summed E-state index contributed by atoms with van der Waals surface area (Å²) in [6.07, 6.45) is -4.89. The molecule has 10 heteroatoms. The van der Waals surface area contributed by atoms with Gasteiger partial charge in [-0.3, -0.25) is 9.59 Å². The molecule has 0 aromatic heterocycles. The number of hydrogen-bond donors (Lipinski definition) is 2. The summed E-state index contributed by atoms with van der Waals surface area (Å²) in [6, 6.07) is 10.7. The third-order valence-corrected chi connectivity index (χ3v) is 5.04. The number of para-hydroxylation sites is 1. The molecule has 3 rings (SSSR count). The van der Waals surface area contributed by atoms with Crippen molar-refractivity contribution >= 4 is 35.2 Å². The molecule has 0 fully saturated rings. The van der Waals surface area contributed by atoms with Crippen LogP contribution in [0.15, 0.2) is 53.4 Å². The maximum absolute atomic E-state index is 12.7. The Morgan fingerprint density at radius 1 is 1.14 bits per heavy atom. The zero-order chi connectivity index (χ0) is 20.3. The van der Waals surface area contributed by atoms with Crippen LogP contribution in [0, 0.1) is 0 Å². The topological polar surface area (TPSA) is 84.5 Å². The molecule has 0 radical (unpaired) electrons. The molecule has 6 nitrogen and oxygen atoms in total. The van der Waals surface area contributed by atoms with Gasteiger partial charge in [-0.2, -0.15) is 18.7 Å². The quantitative estimate of drug-likeness (QED) is 0.758. The minimum atomic E-state index is -4.61. The molecule has 146 valence electrons. The van der Waals surface area contributed by atoms with Gasteiger partial charge in [0.05, 0.1) is 28.5 Å². The number of alkyl halides is 3. The molecule has 0 saturated heterocycles. The van der Waals surface area contributed by atoms with Gasteiger partial charge in [0.1, 0.15) is 0 Å². The molecule has 0 saturated carbocycles. The Hall–Kier alpha value is -3.01. The third kappa shape index (κ3) is 4.63. The van der Waals surface area contributed by atoms with Crippen molar-refractivity contribution < 1.29 is 32.4 Å².